The van der Waals surface area contributed by atoms with Gasteiger partial charge in [0.25, 0.3) is 0 Å². The zero-order valence-corrected chi connectivity index (χ0v) is 13.8. The number of rotatable bonds is 5. The Hall–Kier alpha value is -1.20. The molecule has 2 heterocycles. The molecule has 1 atom stereocenters. The Morgan fingerprint density at radius 3 is 2.75 bits per heavy atom. The van der Waals surface area contributed by atoms with Crippen molar-refractivity contribution in [3.8, 4) is 0 Å². The predicted molar refractivity (Wildman–Crippen MR) is 84.1 cm³/mol. The lowest BCUT2D eigenvalue weighted by molar-refractivity contribution is 0.540. The molecule has 2 rings (SSSR count). The van der Waals surface area contributed by atoms with Crippen LogP contribution >= 0.6 is 11.3 Å². The molecule has 2 aromatic rings. The van der Waals surface area contributed by atoms with E-state index in [1.165, 1.54) is 16.3 Å². The summed E-state index contributed by atoms with van der Waals surface area (Å²) >= 11 is 1.72. The molecule has 5 heteroatoms. The van der Waals surface area contributed by atoms with Crippen molar-refractivity contribution in [2.75, 3.05) is 6.54 Å². The highest BCUT2D eigenvalue weighted by Gasteiger charge is 2.21. The zero-order chi connectivity index (χ0) is 14.8. The zero-order valence-electron chi connectivity index (χ0n) is 13.0. The molecule has 0 bridgehead atoms. The number of hydrogen-bond acceptors (Lipinski definition) is 4. The van der Waals surface area contributed by atoms with Gasteiger partial charge in [0.05, 0.1) is 10.7 Å². The Kier molecular flexibility index (Phi) is 4.60. The second-order valence-corrected chi connectivity index (χ2v) is 7.26. The number of nitrogens with zero attached hydrogens (tertiary/aromatic N) is 3. The predicted octanol–water partition coefficient (Wildman–Crippen LogP) is 3.07. The highest BCUT2D eigenvalue weighted by molar-refractivity contribution is 7.09. The van der Waals surface area contributed by atoms with E-state index in [4.69, 9.17) is 0 Å². The topological polar surface area (TPSA) is 42.7 Å². The second kappa shape index (κ2) is 6.06. The smallest absolute Gasteiger partial charge is 0.0965 e. The average molecular weight is 292 g/mol. The van der Waals surface area contributed by atoms with Gasteiger partial charge in [-0.2, -0.15) is 5.10 Å². The van der Waals surface area contributed by atoms with Crippen molar-refractivity contribution in [1.82, 2.24) is 20.1 Å². The molecule has 0 aromatic carbocycles. The molecular formula is C15H24N4S. The molecule has 2 aromatic heterocycles. The van der Waals surface area contributed by atoms with Crippen molar-refractivity contribution in [2.24, 2.45) is 7.05 Å². The van der Waals surface area contributed by atoms with Crippen LogP contribution in [-0.2, 0) is 19.0 Å². The number of nitrogens with one attached hydrogen (secondary N) is 1. The van der Waals surface area contributed by atoms with Gasteiger partial charge in [0.2, 0.25) is 0 Å². The summed E-state index contributed by atoms with van der Waals surface area (Å²) in [6.45, 7) is 10.6. The van der Waals surface area contributed by atoms with Crippen LogP contribution in [0.15, 0.2) is 17.8 Å². The van der Waals surface area contributed by atoms with Gasteiger partial charge in [0.15, 0.2) is 0 Å². The average Bonchev–Trinajstić information content (AvgIpc) is 2.97. The maximum Gasteiger partial charge on any atom is 0.0965 e. The summed E-state index contributed by atoms with van der Waals surface area (Å²) in [6, 6.07) is 0. The van der Waals surface area contributed by atoms with Gasteiger partial charge < -0.3 is 5.32 Å². The molecule has 0 aliphatic carbocycles. The molecule has 0 saturated heterocycles. The molecule has 4 nitrogen and oxygen atoms in total. The summed E-state index contributed by atoms with van der Waals surface area (Å²) in [6.07, 6.45) is 3.98. The minimum atomic E-state index is 0.0825. The summed E-state index contributed by atoms with van der Waals surface area (Å²) in [7, 11) is 1.98. The molecule has 1 N–H and O–H groups in total. The maximum absolute atomic E-state index is 4.60. The van der Waals surface area contributed by atoms with E-state index in [0.29, 0.717) is 5.92 Å². The number of hydrogen-bond donors (Lipinski definition) is 1. The molecule has 110 valence electrons. The van der Waals surface area contributed by atoms with Crippen LogP contribution in [0, 0.1) is 0 Å². The van der Waals surface area contributed by atoms with Crippen molar-refractivity contribution in [3.05, 3.63) is 34.0 Å². The Labute approximate surface area is 125 Å². The molecule has 0 aliphatic heterocycles. The fourth-order valence-electron chi connectivity index (χ4n) is 2.29. The first kappa shape index (κ1) is 15.2. The van der Waals surface area contributed by atoms with Crippen LogP contribution in [0.1, 0.15) is 49.9 Å². The Morgan fingerprint density at radius 1 is 1.40 bits per heavy atom. The number of thiazole rings is 1. The fraction of sp³-hybridized carbons (Fsp3) is 0.600. The van der Waals surface area contributed by atoms with Crippen LogP contribution in [0.2, 0.25) is 0 Å². The fourth-order valence-corrected chi connectivity index (χ4v) is 2.99. The van der Waals surface area contributed by atoms with Gasteiger partial charge in [0.1, 0.15) is 0 Å². The minimum Gasteiger partial charge on any atom is -0.312 e. The Bertz CT molecular complexity index is 537. The lowest BCUT2D eigenvalue weighted by Crippen LogP contribution is -2.22. The van der Waals surface area contributed by atoms with Gasteiger partial charge in [-0.3, -0.25) is 4.68 Å². The SMILES string of the molecule is CC(CNCc1cn(C)nc1C(C)(C)C)c1nccs1. The van der Waals surface area contributed by atoms with E-state index in [9.17, 15) is 0 Å². The van der Waals surface area contributed by atoms with Gasteiger partial charge in [-0.1, -0.05) is 27.7 Å². The second-order valence-electron chi connectivity index (χ2n) is 6.33. The third-order valence-corrected chi connectivity index (χ3v) is 4.26. The minimum absolute atomic E-state index is 0.0825. The molecule has 0 fully saturated rings. The van der Waals surface area contributed by atoms with Gasteiger partial charge in [-0.25, -0.2) is 4.98 Å². The summed E-state index contributed by atoms with van der Waals surface area (Å²) in [5.41, 5.74) is 2.54. The third kappa shape index (κ3) is 3.67. The Balaban J connectivity index is 1.95. The quantitative estimate of drug-likeness (QED) is 0.921. The van der Waals surface area contributed by atoms with E-state index < -0.39 is 0 Å². The van der Waals surface area contributed by atoms with E-state index in [2.05, 4.69) is 49.3 Å². The molecule has 0 radical (unpaired) electrons. The number of aryl methyl sites for hydroxylation is 1. The van der Waals surface area contributed by atoms with Crippen LogP contribution in [0.3, 0.4) is 0 Å². The summed E-state index contributed by atoms with van der Waals surface area (Å²) in [5, 5.41) is 11.4. The molecule has 0 amide bonds. The van der Waals surface area contributed by atoms with Crippen LogP contribution in [0.4, 0.5) is 0 Å². The van der Waals surface area contributed by atoms with Gasteiger partial charge in [-0.15, -0.1) is 11.3 Å². The highest BCUT2D eigenvalue weighted by Crippen LogP contribution is 2.24. The van der Waals surface area contributed by atoms with Crippen LogP contribution < -0.4 is 5.32 Å². The standard InChI is InChI=1S/C15H24N4S/c1-11(14-17-6-7-20-14)8-16-9-12-10-19(5)18-13(12)15(2,3)4/h6-7,10-11,16H,8-9H2,1-5H3. The van der Waals surface area contributed by atoms with E-state index in [1.54, 1.807) is 11.3 Å². The molecule has 0 saturated carbocycles. The number of aromatic nitrogens is 3. The molecule has 0 spiro atoms. The van der Waals surface area contributed by atoms with Crippen molar-refractivity contribution < 1.29 is 0 Å². The van der Waals surface area contributed by atoms with Crippen molar-refractivity contribution in [1.29, 1.82) is 0 Å². The van der Waals surface area contributed by atoms with Crippen molar-refractivity contribution in [3.63, 3.8) is 0 Å². The monoisotopic (exact) mass is 292 g/mol. The molecule has 20 heavy (non-hydrogen) atoms. The molecule has 1 unspecified atom stereocenters. The Morgan fingerprint density at radius 2 is 2.15 bits per heavy atom. The first-order valence-corrected chi connectivity index (χ1v) is 7.89. The highest BCUT2D eigenvalue weighted by atomic mass is 32.1. The summed E-state index contributed by atoms with van der Waals surface area (Å²) < 4.78 is 1.90. The lowest BCUT2D eigenvalue weighted by atomic mass is 9.89. The van der Waals surface area contributed by atoms with Gasteiger partial charge in [0, 0.05) is 54.8 Å². The van der Waals surface area contributed by atoms with Crippen molar-refractivity contribution in [2.45, 2.75) is 45.6 Å². The normalized spacial score (nSPS) is 13.7. The lowest BCUT2D eigenvalue weighted by Gasteiger charge is -2.18. The summed E-state index contributed by atoms with van der Waals surface area (Å²) in [4.78, 5) is 4.36. The van der Waals surface area contributed by atoms with Crippen LogP contribution in [0.25, 0.3) is 0 Å². The van der Waals surface area contributed by atoms with Gasteiger partial charge in [-0.05, 0) is 0 Å². The maximum atomic E-state index is 4.60. The van der Waals surface area contributed by atoms with E-state index >= 15 is 0 Å². The summed E-state index contributed by atoms with van der Waals surface area (Å²) in [5.74, 6) is 0.449. The van der Waals surface area contributed by atoms with E-state index in [0.717, 1.165) is 13.1 Å². The molecular weight excluding hydrogens is 268 g/mol. The van der Waals surface area contributed by atoms with E-state index in [-0.39, 0.29) is 5.41 Å². The van der Waals surface area contributed by atoms with Crippen molar-refractivity contribution >= 4 is 11.3 Å². The van der Waals surface area contributed by atoms with E-state index in [1.807, 2.05) is 23.3 Å². The first-order chi connectivity index (χ1) is 9.38. The third-order valence-electron chi connectivity index (χ3n) is 3.25. The molecule has 0 aliphatic rings. The first-order valence-electron chi connectivity index (χ1n) is 7.01. The van der Waals surface area contributed by atoms with Gasteiger partial charge >= 0.3 is 0 Å². The van der Waals surface area contributed by atoms with Crippen LogP contribution in [0.5, 0.6) is 0 Å². The largest absolute Gasteiger partial charge is 0.312 e. The van der Waals surface area contributed by atoms with Crippen LogP contribution in [-0.4, -0.2) is 21.3 Å².